The third-order valence-electron chi connectivity index (χ3n) is 2.02. The number of alkyl halides is 3. The molecule has 1 aliphatic rings. The molecule has 0 spiro atoms. The SMILES string of the molecule is FC(F)(F)c1cccc(C2=NCCS2)c1. The van der Waals surface area contributed by atoms with E-state index in [0.717, 1.165) is 17.9 Å². The first kappa shape index (κ1) is 10.5. The normalized spacial score (nSPS) is 16.6. The Balaban J connectivity index is 2.34. The van der Waals surface area contributed by atoms with Gasteiger partial charge in [0, 0.05) is 17.9 Å². The van der Waals surface area contributed by atoms with Crippen LogP contribution in [0, 0.1) is 0 Å². The fourth-order valence-corrected chi connectivity index (χ4v) is 2.19. The van der Waals surface area contributed by atoms with E-state index in [9.17, 15) is 13.2 Å². The highest BCUT2D eigenvalue weighted by Crippen LogP contribution is 2.30. The van der Waals surface area contributed by atoms with Crippen molar-refractivity contribution in [3.05, 3.63) is 35.4 Å². The molecule has 0 unspecified atom stereocenters. The summed E-state index contributed by atoms with van der Waals surface area (Å²) in [5.41, 5.74) is -0.0532. The van der Waals surface area contributed by atoms with Gasteiger partial charge < -0.3 is 0 Å². The second-order valence-corrected chi connectivity index (χ2v) is 4.20. The molecule has 0 N–H and O–H groups in total. The fourth-order valence-electron chi connectivity index (χ4n) is 1.34. The average molecular weight is 231 g/mol. The Kier molecular flexibility index (Phi) is 2.73. The number of nitrogens with zero attached hydrogens (tertiary/aromatic N) is 1. The molecule has 1 aromatic carbocycles. The Morgan fingerprint density at radius 1 is 1.27 bits per heavy atom. The molecule has 0 atom stereocenters. The van der Waals surface area contributed by atoms with E-state index in [1.54, 1.807) is 6.07 Å². The first-order valence-electron chi connectivity index (χ1n) is 4.42. The van der Waals surface area contributed by atoms with E-state index in [-0.39, 0.29) is 0 Å². The molecule has 5 heteroatoms. The number of thioether (sulfide) groups is 1. The topological polar surface area (TPSA) is 12.4 Å². The van der Waals surface area contributed by atoms with Crippen LogP contribution < -0.4 is 0 Å². The smallest absolute Gasteiger partial charge is 0.277 e. The zero-order chi connectivity index (χ0) is 10.9. The summed E-state index contributed by atoms with van der Waals surface area (Å²) in [5, 5.41) is 0.709. The number of hydrogen-bond donors (Lipinski definition) is 0. The number of benzene rings is 1. The van der Waals surface area contributed by atoms with Crippen molar-refractivity contribution >= 4 is 16.8 Å². The average Bonchev–Trinajstić information content (AvgIpc) is 2.69. The predicted octanol–water partition coefficient (Wildman–Crippen LogP) is 3.20. The molecule has 0 radical (unpaired) electrons. The molecule has 1 nitrogen and oxygen atoms in total. The van der Waals surface area contributed by atoms with Gasteiger partial charge in [0.05, 0.1) is 10.6 Å². The Morgan fingerprint density at radius 2 is 2.07 bits per heavy atom. The van der Waals surface area contributed by atoms with E-state index in [2.05, 4.69) is 4.99 Å². The van der Waals surface area contributed by atoms with Crippen LogP contribution >= 0.6 is 11.8 Å². The standard InChI is InChI=1S/C10H8F3NS/c11-10(12,13)8-3-1-2-7(6-8)9-14-4-5-15-9/h1-3,6H,4-5H2. The lowest BCUT2D eigenvalue weighted by molar-refractivity contribution is -0.137. The minimum atomic E-state index is -4.28. The van der Waals surface area contributed by atoms with E-state index < -0.39 is 11.7 Å². The van der Waals surface area contributed by atoms with Gasteiger partial charge in [-0.25, -0.2) is 0 Å². The van der Waals surface area contributed by atoms with Crippen LogP contribution in [0.2, 0.25) is 0 Å². The molecular weight excluding hydrogens is 223 g/mol. The maximum Gasteiger partial charge on any atom is 0.416 e. The van der Waals surface area contributed by atoms with Crippen LogP contribution in [0.25, 0.3) is 0 Å². The van der Waals surface area contributed by atoms with Crippen molar-refractivity contribution in [2.75, 3.05) is 12.3 Å². The molecule has 0 bridgehead atoms. The van der Waals surface area contributed by atoms with Crippen LogP contribution in [-0.4, -0.2) is 17.3 Å². The Labute approximate surface area is 89.4 Å². The molecule has 0 fully saturated rings. The van der Waals surface area contributed by atoms with Gasteiger partial charge in [-0.1, -0.05) is 12.1 Å². The van der Waals surface area contributed by atoms with E-state index in [1.807, 2.05) is 0 Å². The number of rotatable bonds is 1. The fraction of sp³-hybridized carbons (Fsp3) is 0.300. The van der Waals surface area contributed by atoms with Gasteiger partial charge in [0.25, 0.3) is 0 Å². The maximum atomic E-state index is 12.4. The predicted molar refractivity (Wildman–Crippen MR) is 55.3 cm³/mol. The van der Waals surface area contributed by atoms with Gasteiger partial charge in [-0.15, -0.1) is 11.8 Å². The molecule has 0 saturated carbocycles. The molecule has 1 aromatic rings. The lowest BCUT2D eigenvalue weighted by Gasteiger charge is -2.08. The lowest BCUT2D eigenvalue weighted by Crippen LogP contribution is -2.06. The number of hydrogen-bond acceptors (Lipinski definition) is 2. The molecule has 15 heavy (non-hydrogen) atoms. The number of aliphatic imine (C=N–C) groups is 1. The molecule has 1 heterocycles. The summed E-state index contributed by atoms with van der Waals surface area (Å²) in [6.07, 6.45) is -4.28. The summed E-state index contributed by atoms with van der Waals surface area (Å²) >= 11 is 1.50. The molecule has 1 aliphatic heterocycles. The first-order valence-corrected chi connectivity index (χ1v) is 5.41. The second kappa shape index (κ2) is 3.89. The quantitative estimate of drug-likeness (QED) is 0.723. The van der Waals surface area contributed by atoms with Crippen LogP contribution in [0.15, 0.2) is 29.3 Å². The highest BCUT2D eigenvalue weighted by Gasteiger charge is 2.30. The zero-order valence-electron chi connectivity index (χ0n) is 7.71. The van der Waals surface area contributed by atoms with Crippen molar-refractivity contribution in [1.82, 2.24) is 0 Å². The summed E-state index contributed by atoms with van der Waals surface area (Å²) in [6, 6.07) is 5.30. The third kappa shape index (κ3) is 2.34. The first-order chi connectivity index (χ1) is 7.07. The maximum absolute atomic E-state index is 12.4. The Bertz CT molecular complexity index is 398. The number of halogens is 3. The van der Waals surface area contributed by atoms with Crippen LogP contribution in [0.4, 0.5) is 13.2 Å². The van der Waals surface area contributed by atoms with Crippen molar-refractivity contribution < 1.29 is 13.2 Å². The Hall–Kier alpha value is -0.970. The molecule has 80 valence electrons. The highest BCUT2D eigenvalue weighted by molar-refractivity contribution is 8.14. The zero-order valence-corrected chi connectivity index (χ0v) is 8.53. The van der Waals surface area contributed by atoms with Gasteiger partial charge in [-0.05, 0) is 12.1 Å². The van der Waals surface area contributed by atoms with Crippen molar-refractivity contribution in [2.24, 2.45) is 4.99 Å². The van der Waals surface area contributed by atoms with Crippen molar-refractivity contribution in [3.63, 3.8) is 0 Å². The highest BCUT2D eigenvalue weighted by atomic mass is 32.2. The van der Waals surface area contributed by atoms with E-state index >= 15 is 0 Å². The van der Waals surface area contributed by atoms with Gasteiger partial charge in [-0.3, -0.25) is 4.99 Å². The molecule has 0 aliphatic carbocycles. The molecule has 0 saturated heterocycles. The summed E-state index contributed by atoms with van der Waals surface area (Å²) in [6.45, 7) is 0.691. The van der Waals surface area contributed by atoms with Crippen LogP contribution in [0.1, 0.15) is 11.1 Å². The van der Waals surface area contributed by atoms with Gasteiger partial charge in [0.2, 0.25) is 0 Å². The van der Waals surface area contributed by atoms with Crippen LogP contribution in [-0.2, 0) is 6.18 Å². The van der Waals surface area contributed by atoms with Crippen molar-refractivity contribution in [3.8, 4) is 0 Å². The molecular formula is C10H8F3NS. The summed E-state index contributed by atoms with van der Waals surface area (Å²) in [5.74, 6) is 0.853. The summed E-state index contributed by atoms with van der Waals surface area (Å²) in [4.78, 5) is 4.14. The van der Waals surface area contributed by atoms with Gasteiger partial charge in [0.1, 0.15) is 0 Å². The Morgan fingerprint density at radius 3 is 2.67 bits per heavy atom. The second-order valence-electron chi connectivity index (χ2n) is 3.11. The largest absolute Gasteiger partial charge is 0.416 e. The molecule has 0 amide bonds. The summed E-state index contributed by atoms with van der Waals surface area (Å²) in [7, 11) is 0. The van der Waals surface area contributed by atoms with E-state index in [0.29, 0.717) is 17.2 Å². The minimum absolute atomic E-state index is 0.562. The van der Waals surface area contributed by atoms with Crippen LogP contribution in [0.3, 0.4) is 0 Å². The van der Waals surface area contributed by atoms with Gasteiger partial charge in [-0.2, -0.15) is 13.2 Å². The molecule has 0 aromatic heterocycles. The van der Waals surface area contributed by atoms with E-state index in [1.165, 1.54) is 17.8 Å². The summed E-state index contributed by atoms with van der Waals surface area (Å²) < 4.78 is 37.2. The van der Waals surface area contributed by atoms with Gasteiger partial charge in [0.15, 0.2) is 0 Å². The minimum Gasteiger partial charge on any atom is -0.277 e. The van der Waals surface area contributed by atoms with Crippen molar-refractivity contribution in [2.45, 2.75) is 6.18 Å². The van der Waals surface area contributed by atoms with Crippen molar-refractivity contribution in [1.29, 1.82) is 0 Å². The third-order valence-corrected chi connectivity index (χ3v) is 3.05. The molecule has 2 rings (SSSR count). The van der Waals surface area contributed by atoms with Gasteiger partial charge >= 0.3 is 6.18 Å². The van der Waals surface area contributed by atoms with Crippen LogP contribution in [0.5, 0.6) is 0 Å². The van der Waals surface area contributed by atoms with E-state index in [4.69, 9.17) is 0 Å². The lowest BCUT2D eigenvalue weighted by atomic mass is 10.1. The monoisotopic (exact) mass is 231 g/mol.